The van der Waals surface area contributed by atoms with E-state index in [0.717, 1.165) is 43.0 Å². The van der Waals surface area contributed by atoms with Gasteiger partial charge in [0.2, 0.25) is 5.29 Å². The largest absolute Gasteiger partial charge is 0.389 e. The Morgan fingerprint density at radius 3 is 2.18 bits per heavy atom. The molecule has 0 radical (unpaired) electrons. The van der Waals surface area contributed by atoms with Crippen LogP contribution in [0.5, 0.6) is 0 Å². The number of aliphatic hydroxyl groups is 1. The molecule has 2 heterocycles. The molecule has 6 nitrogen and oxygen atoms in total. The van der Waals surface area contributed by atoms with Crippen molar-refractivity contribution in [1.82, 2.24) is 9.80 Å². The minimum atomic E-state index is -0.456. The summed E-state index contributed by atoms with van der Waals surface area (Å²) in [6.45, 7) is 24.1. The molecule has 0 aliphatic carbocycles. The third kappa shape index (κ3) is 5.88. The van der Waals surface area contributed by atoms with E-state index in [1.165, 1.54) is 0 Å². The van der Waals surface area contributed by atoms with Crippen LogP contribution in [0, 0.1) is 5.41 Å². The van der Waals surface area contributed by atoms with Gasteiger partial charge in [0.15, 0.2) is 0 Å². The Morgan fingerprint density at radius 2 is 1.79 bits per heavy atom. The number of nitrogens with zero attached hydrogens (tertiary/aromatic N) is 3. The van der Waals surface area contributed by atoms with Crippen LogP contribution in [0.3, 0.4) is 0 Å². The van der Waals surface area contributed by atoms with Crippen LogP contribution in [0.2, 0.25) is 0 Å². The van der Waals surface area contributed by atoms with E-state index in [0.29, 0.717) is 18.9 Å². The van der Waals surface area contributed by atoms with Crippen molar-refractivity contribution in [2.45, 2.75) is 32.4 Å². The molecule has 2 fully saturated rings. The summed E-state index contributed by atoms with van der Waals surface area (Å²) in [5.74, 6) is 0. The number of aliphatic imine (C=N–C) groups is 1. The van der Waals surface area contributed by atoms with E-state index < -0.39 is 6.10 Å². The van der Waals surface area contributed by atoms with Gasteiger partial charge in [-0.1, -0.05) is 13.2 Å². The molecule has 2 unspecified atom stereocenters. The summed E-state index contributed by atoms with van der Waals surface area (Å²) in [5.41, 5.74) is 2.89. The van der Waals surface area contributed by atoms with E-state index >= 15 is 0 Å². The fourth-order valence-electron chi connectivity index (χ4n) is 3.38. The first-order chi connectivity index (χ1) is 13.1. The predicted molar refractivity (Wildman–Crippen MR) is 118 cm³/mol. The van der Waals surface area contributed by atoms with Gasteiger partial charge >= 0.3 is 0 Å². The van der Waals surface area contributed by atoms with Gasteiger partial charge in [0, 0.05) is 31.9 Å². The van der Waals surface area contributed by atoms with Crippen LogP contribution in [0.4, 0.5) is 0 Å². The summed E-state index contributed by atoms with van der Waals surface area (Å²) in [5, 5.41) is 17.4. The van der Waals surface area contributed by atoms with Crippen molar-refractivity contribution in [3.63, 3.8) is 0 Å². The van der Waals surface area contributed by atoms with Crippen molar-refractivity contribution in [2.75, 3.05) is 39.4 Å². The van der Waals surface area contributed by atoms with Gasteiger partial charge in [0.25, 0.3) is 0 Å². The van der Waals surface area contributed by atoms with Crippen molar-refractivity contribution >= 4 is 22.6 Å². The normalized spacial score (nSPS) is 26.5. The monoisotopic (exact) mass is 408 g/mol. The van der Waals surface area contributed by atoms with Gasteiger partial charge in [-0.15, -0.1) is 13.2 Å². The molecule has 0 saturated carbocycles. The highest BCUT2D eigenvalue weighted by molar-refractivity contribution is 6.65. The first kappa shape index (κ1) is 24.3. The summed E-state index contributed by atoms with van der Waals surface area (Å²) in [4.78, 5) is 8.61. The van der Waals surface area contributed by atoms with E-state index in [1.54, 1.807) is 0 Å². The molecule has 2 saturated heterocycles. The van der Waals surface area contributed by atoms with Crippen LogP contribution in [-0.2, 0) is 4.74 Å². The molecular weight excluding hydrogens is 376 g/mol. The highest BCUT2D eigenvalue weighted by Gasteiger charge is 2.44. The van der Waals surface area contributed by atoms with Gasteiger partial charge < -0.3 is 14.7 Å². The Kier molecular flexibility index (Phi) is 9.30. The van der Waals surface area contributed by atoms with Crippen molar-refractivity contribution in [1.29, 1.82) is 5.41 Å². The lowest BCUT2D eigenvalue weighted by atomic mass is 9.95. The molecule has 0 aromatic carbocycles. The summed E-state index contributed by atoms with van der Waals surface area (Å²) in [6.07, 6.45) is 1.44. The van der Waals surface area contributed by atoms with Crippen molar-refractivity contribution in [3.8, 4) is 0 Å². The van der Waals surface area contributed by atoms with Crippen molar-refractivity contribution < 1.29 is 9.84 Å². The van der Waals surface area contributed by atoms with Crippen molar-refractivity contribution in [2.24, 2.45) is 4.99 Å². The second-order valence-corrected chi connectivity index (χ2v) is 7.60. The van der Waals surface area contributed by atoms with Crippen LogP contribution in [0.25, 0.3) is 0 Å². The molecule has 0 spiro atoms. The summed E-state index contributed by atoms with van der Waals surface area (Å²) in [6, 6.07) is 0. The SMILES string of the molecule is C=C.C=C(C)C(/C=C(\C(=C)C)N1CCN(C2(C)COCC2O)CC1)=N\C(=N)Cl. The molecular formula is C21H33ClN4O2. The van der Waals surface area contributed by atoms with E-state index in [-0.39, 0.29) is 10.8 Å². The maximum atomic E-state index is 10.3. The summed E-state index contributed by atoms with van der Waals surface area (Å²) < 4.78 is 5.47. The number of ether oxygens (including phenoxy) is 1. The average molecular weight is 409 g/mol. The molecule has 2 aliphatic heterocycles. The Labute approximate surface area is 174 Å². The van der Waals surface area contributed by atoms with Crippen LogP contribution in [0.1, 0.15) is 20.8 Å². The molecule has 2 atom stereocenters. The smallest absolute Gasteiger partial charge is 0.215 e. The van der Waals surface area contributed by atoms with E-state index in [2.05, 4.69) is 48.0 Å². The van der Waals surface area contributed by atoms with E-state index in [9.17, 15) is 5.11 Å². The van der Waals surface area contributed by atoms with Gasteiger partial charge in [-0.05, 0) is 49.6 Å². The minimum Gasteiger partial charge on any atom is -0.389 e. The number of aliphatic hydroxyl groups excluding tert-OH is 1. The standard InChI is InChI=1S/C19H29ClN4O2.C2H4/c1-13(2)15(22-18(20)21)10-16(14(3)4)23-6-8-24(9-7-23)19(5)12-26-11-17(19)25;1-2/h10,17,21,25H,1,3,6-9,11-12H2,2,4-5H3;1-2H2/b16-10+,21-18?,22-15-;. The maximum Gasteiger partial charge on any atom is 0.215 e. The number of hydrogen-bond acceptors (Lipinski definition) is 5. The third-order valence-electron chi connectivity index (χ3n) is 5.10. The number of piperazine rings is 1. The van der Waals surface area contributed by atoms with Crippen LogP contribution in [0.15, 0.2) is 54.2 Å². The Balaban J connectivity index is 0.00000190. The molecule has 0 bridgehead atoms. The highest BCUT2D eigenvalue weighted by Crippen LogP contribution is 2.28. The second kappa shape index (κ2) is 10.7. The number of halogens is 1. The number of allylic oxidation sites excluding steroid dienone is 3. The van der Waals surface area contributed by atoms with Crippen LogP contribution < -0.4 is 0 Å². The third-order valence-corrected chi connectivity index (χ3v) is 5.18. The number of rotatable bonds is 5. The zero-order valence-corrected chi connectivity index (χ0v) is 18.1. The van der Waals surface area contributed by atoms with E-state index in [1.807, 2.05) is 19.9 Å². The second-order valence-electron chi connectivity index (χ2n) is 7.24. The first-order valence-electron chi connectivity index (χ1n) is 9.27. The summed E-state index contributed by atoms with van der Waals surface area (Å²) >= 11 is 5.63. The lowest BCUT2D eigenvalue weighted by Crippen LogP contribution is -2.60. The number of amidine groups is 1. The van der Waals surface area contributed by atoms with Gasteiger partial charge in [-0.25, -0.2) is 4.99 Å². The van der Waals surface area contributed by atoms with Crippen LogP contribution >= 0.6 is 11.6 Å². The topological polar surface area (TPSA) is 72.2 Å². The zero-order chi connectivity index (χ0) is 21.5. The van der Waals surface area contributed by atoms with Gasteiger partial charge in [0.1, 0.15) is 0 Å². The maximum absolute atomic E-state index is 10.3. The zero-order valence-electron chi connectivity index (χ0n) is 17.3. The Hall–Kier alpha value is -1.73. The van der Waals surface area contributed by atoms with Gasteiger partial charge in [-0.2, -0.15) is 0 Å². The van der Waals surface area contributed by atoms with Gasteiger partial charge in [0.05, 0.1) is 30.6 Å². The highest BCUT2D eigenvalue weighted by atomic mass is 35.5. The molecule has 2 rings (SSSR count). The molecule has 0 aromatic rings. The lowest BCUT2D eigenvalue weighted by molar-refractivity contribution is -0.0106. The fraction of sp³-hybridized carbons (Fsp3) is 0.524. The molecule has 0 aromatic heterocycles. The number of hydrogen-bond donors (Lipinski definition) is 2. The Bertz CT molecular complexity index is 665. The number of nitrogens with one attached hydrogen (secondary N) is 1. The molecule has 2 N–H and O–H groups in total. The molecule has 0 amide bonds. The molecule has 7 heteroatoms. The Morgan fingerprint density at radius 1 is 1.21 bits per heavy atom. The van der Waals surface area contributed by atoms with E-state index in [4.69, 9.17) is 21.7 Å². The van der Waals surface area contributed by atoms with Gasteiger partial charge in [-0.3, -0.25) is 10.3 Å². The average Bonchev–Trinajstić information content (AvgIpc) is 2.99. The quantitative estimate of drug-likeness (QED) is 0.241. The lowest BCUT2D eigenvalue weighted by Gasteiger charge is -2.45. The summed E-state index contributed by atoms with van der Waals surface area (Å²) in [7, 11) is 0. The molecule has 156 valence electrons. The first-order valence-corrected chi connectivity index (χ1v) is 9.65. The predicted octanol–water partition coefficient (Wildman–Crippen LogP) is 3.21. The molecule has 2 aliphatic rings. The fourth-order valence-corrected chi connectivity index (χ4v) is 3.47. The van der Waals surface area contributed by atoms with Crippen LogP contribution in [-0.4, -0.2) is 76.9 Å². The van der Waals surface area contributed by atoms with Crippen molar-refractivity contribution in [3.05, 3.63) is 49.2 Å². The molecule has 28 heavy (non-hydrogen) atoms. The minimum absolute atomic E-state index is 0.270.